The number of rotatable bonds is 17. The number of nitrogens with zero attached hydrogens (tertiary/aromatic N) is 10. The first-order chi connectivity index (χ1) is 29.7. The van der Waals surface area contributed by atoms with Gasteiger partial charge in [-0.05, 0) is 177 Å². The Kier molecular flexibility index (Phi) is 18.0. The van der Waals surface area contributed by atoms with Crippen LogP contribution in [0.1, 0.15) is 53.0 Å². The topological polar surface area (TPSA) is 105 Å². The third kappa shape index (κ3) is 14.4. The van der Waals surface area contributed by atoms with Crippen LogP contribution < -0.4 is 9.80 Å². The maximum absolute atomic E-state index is 14.1. The first kappa shape index (κ1) is 45.7. The number of anilines is 2. The zero-order valence-corrected chi connectivity index (χ0v) is 36.8. The highest BCUT2D eigenvalue weighted by Crippen LogP contribution is 2.28. The minimum Gasteiger partial charge on any atom is -0.372 e. The first-order valence-corrected chi connectivity index (χ1v) is 21.3. The molecule has 0 saturated heterocycles. The van der Waals surface area contributed by atoms with E-state index in [1.807, 2.05) is 60.7 Å². The van der Waals surface area contributed by atoms with Gasteiger partial charge in [0.2, 0.25) is 0 Å². The van der Waals surface area contributed by atoms with E-state index >= 15 is 0 Å². The van der Waals surface area contributed by atoms with Crippen molar-refractivity contribution in [2.75, 3.05) is 36.0 Å². The lowest BCUT2D eigenvalue weighted by molar-refractivity contribution is 0.603. The Morgan fingerprint density at radius 3 is 1.00 bits per heavy atom. The second-order valence-corrected chi connectivity index (χ2v) is 14.5. The molecule has 0 aliphatic heterocycles. The van der Waals surface area contributed by atoms with E-state index in [1.165, 1.54) is 23.5 Å². The van der Waals surface area contributed by atoms with Crippen LogP contribution in [0.5, 0.6) is 0 Å². The van der Waals surface area contributed by atoms with Gasteiger partial charge in [0.05, 0.1) is 50.0 Å². The van der Waals surface area contributed by atoms with Crippen LogP contribution in [0.4, 0.5) is 65.7 Å². The summed E-state index contributed by atoms with van der Waals surface area (Å²) in [5, 5.41) is 33.6. The Labute approximate surface area is 366 Å². The third-order valence-corrected chi connectivity index (χ3v) is 10.2. The summed E-state index contributed by atoms with van der Waals surface area (Å²) < 4.78 is 28.1. The lowest BCUT2D eigenvalue weighted by Crippen LogP contribution is -2.21. The molecule has 0 bridgehead atoms. The van der Waals surface area contributed by atoms with Crippen molar-refractivity contribution in [2.45, 2.75) is 53.9 Å². The second kappa shape index (κ2) is 24.0. The van der Waals surface area contributed by atoms with Gasteiger partial charge in [0.15, 0.2) is 0 Å². The number of hydrogen-bond acceptors (Lipinski definition) is 10. The molecule has 0 N–H and O–H groups in total. The summed E-state index contributed by atoms with van der Waals surface area (Å²) in [6, 6.07) is 40.2. The van der Waals surface area contributed by atoms with Crippen molar-refractivity contribution >= 4 is 72.8 Å². The van der Waals surface area contributed by atoms with Gasteiger partial charge in [-0.2, -0.15) is 40.9 Å². The first-order valence-electron chi connectivity index (χ1n) is 20.5. The molecule has 0 radical (unpaired) electrons. The van der Waals surface area contributed by atoms with E-state index in [-0.39, 0.29) is 11.6 Å². The molecule has 0 amide bonds. The molecular formula is C48H51BrF2N10. The molecule has 0 atom stereocenters. The minimum atomic E-state index is -0.373. The molecule has 0 spiro atoms. The fraction of sp³-hybridized carbons (Fsp3) is 0.250. The van der Waals surface area contributed by atoms with Gasteiger partial charge in [-0.15, -0.1) is 0 Å². The fourth-order valence-corrected chi connectivity index (χ4v) is 6.23. The van der Waals surface area contributed by atoms with Crippen LogP contribution in [0.3, 0.4) is 0 Å². The molecular weight excluding hydrogens is 834 g/mol. The summed E-state index contributed by atoms with van der Waals surface area (Å²) in [5.74, 6) is -0.599. The number of halogens is 3. The van der Waals surface area contributed by atoms with E-state index < -0.39 is 0 Å². The molecule has 6 aromatic rings. The van der Waals surface area contributed by atoms with Crippen LogP contribution in [-0.4, -0.2) is 26.2 Å². The highest BCUT2D eigenvalue weighted by atomic mass is 79.9. The number of azo groups is 4. The van der Waals surface area contributed by atoms with Crippen LogP contribution in [-0.2, 0) is 6.42 Å². The Hall–Kier alpha value is -6.34. The fourth-order valence-electron chi connectivity index (χ4n) is 5.99. The lowest BCUT2D eigenvalue weighted by Gasteiger charge is -2.20. The molecule has 0 saturated carbocycles. The predicted molar refractivity (Wildman–Crippen MR) is 249 cm³/mol. The summed E-state index contributed by atoms with van der Waals surface area (Å²) in [6.07, 6.45) is 2.76. The van der Waals surface area contributed by atoms with Gasteiger partial charge in [0, 0.05) is 49.7 Å². The van der Waals surface area contributed by atoms with Crippen molar-refractivity contribution in [1.82, 2.24) is 0 Å². The van der Waals surface area contributed by atoms with Crippen molar-refractivity contribution in [3.8, 4) is 0 Å². The van der Waals surface area contributed by atoms with Gasteiger partial charge < -0.3 is 9.80 Å². The zero-order valence-electron chi connectivity index (χ0n) is 35.3. The summed E-state index contributed by atoms with van der Waals surface area (Å²) in [7, 11) is 0. The van der Waals surface area contributed by atoms with E-state index in [2.05, 4.69) is 126 Å². The maximum Gasteiger partial charge on any atom is 0.139 e. The van der Waals surface area contributed by atoms with Gasteiger partial charge in [-0.25, -0.2) is 8.78 Å². The Morgan fingerprint density at radius 2 is 0.689 bits per heavy atom. The van der Waals surface area contributed by atoms with Gasteiger partial charge in [-0.1, -0.05) is 19.4 Å². The molecule has 0 aliphatic carbocycles. The van der Waals surface area contributed by atoms with Gasteiger partial charge in [-0.3, -0.25) is 0 Å². The minimum absolute atomic E-state index is 0.226. The monoisotopic (exact) mass is 884 g/mol. The van der Waals surface area contributed by atoms with Crippen LogP contribution >= 0.6 is 15.9 Å². The highest BCUT2D eigenvalue weighted by molar-refractivity contribution is 9.10. The molecule has 0 fully saturated rings. The Bertz CT molecular complexity index is 2380. The molecule has 6 rings (SSSR count). The molecule has 6 aromatic carbocycles. The summed E-state index contributed by atoms with van der Waals surface area (Å²) >= 11 is 3.11. The second-order valence-electron chi connectivity index (χ2n) is 13.7. The van der Waals surface area contributed by atoms with Gasteiger partial charge in [0.25, 0.3) is 0 Å². The standard InChI is InChI=1S/C26H30FN5.C22H21BrFN5/c1-4-7-8-20-9-10-24(19-26(20)27)31-30-22-13-11-21(12-14-22)28-29-23-15-17-25(18-16-23)32(5-2)6-3;1-3-29(4-2)20-12-9-18(10-13-20)26-25-16-5-7-17(8-6-16)27-28-19-11-14-21(23)22(24)15-19/h9-19H,4-8H2,1-3H3;5-15H,3-4H2,1-2H3. The van der Waals surface area contributed by atoms with E-state index in [1.54, 1.807) is 36.4 Å². The van der Waals surface area contributed by atoms with Crippen LogP contribution in [0, 0.1) is 11.6 Å². The maximum atomic E-state index is 14.1. The number of aryl methyl sites for hydroxylation is 1. The summed E-state index contributed by atoms with van der Waals surface area (Å²) in [4.78, 5) is 4.56. The van der Waals surface area contributed by atoms with Crippen molar-refractivity contribution in [1.29, 1.82) is 0 Å². The molecule has 0 aromatic heterocycles. The van der Waals surface area contributed by atoms with E-state index in [9.17, 15) is 8.78 Å². The van der Waals surface area contributed by atoms with Crippen LogP contribution in [0.2, 0.25) is 0 Å². The normalized spacial score (nSPS) is 11.5. The summed E-state index contributed by atoms with van der Waals surface area (Å²) in [5.41, 5.74) is 8.38. The van der Waals surface area contributed by atoms with Crippen molar-refractivity contribution in [3.63, 3.8) is 0 Å². The van der Waals surface area contributed by atoms with Crippen molar-refractivity contribution in [2.24, 2.45) is 40.9 Å². The highest BCUT2D eigenvalue weighted by Gasteiger charge is 2.05. The van der Waals surface area contributed by atoms with Crippen LogP contribution in [0.25, 0.3) is 0 Å². The summed E-state index contributed by atoms with van der Waals surface area (Å²) in [6.45, 7) is 14.5. The van der Waals surface area contributed by atoms with Crippen LogP contribution in [0.15, 0.2) is 179 Å². The molecule has 13 heteroatoms. The van der Waals surface area contributed by atoms with Gasteiger partial charge in [0.1, 0.15) is 11.6 Å². The average Bonchev–Trinajstić information content (AvgIpc) is 3.29. The number of unbranched alkanes of at least 4 members (excludes halogenated alkanes) is 1. The molecule has 0 unspecified atom stereocenters. The molecule has 0 aliphatic rings. The van der Waals surface area contributed by atoms with E-state index in [0.717, 1.165) is 68.1 Å². The third-order valence-electron chi connectivity index (χ3n) is 9.52. The van der Waals surface area contributed by atoms with E-state index in [0.29, 0.717) is 32.9 Å². The van der Waals surface area contributed by atoms with Crippen molar-refractivity contribution in [3.05, 3.63) is 155 Å². The Morgan fingerprint density at radius 1 is 0.393 bits per heavy atom. The number of benzene rings is 6. The smallest absolute Gasteiger partial charge is 0.139 e. The zero-order chi connectivity index (χ0) is 43.4. The predicted octanol–water partition coefficient (Wildman–Crippen LogP) is 17.1. The molecule has 61 heavy (non-hydrogen) atoms. The Balaban J connectivity index is 0.000000232. The largest absolute Gasteiger partial charge is 0.372 e. The quantitative estimate of drug-likeness (QED) is 0.0851. The molecule has 0 heterocycles. The molecule has 314 valence electrons. The SMILES string of the molecule is CCCCc1ccc(N=Nc2ccc(N=Nc3ccc(N(CC)CC)cc3)cc2)cc1F.CCN(CC)c1ccc(N=Nc2ccc(N=Nc3ccc(Br)c(F)c3)cc2)cc1. The average molecular weight is 886 g/mol. The van der Waals surface area contributed by atoms with Gasteiger partial charge >= 0.3 is 0 Å². The van der Waals surface area contributed by atoms with E-state index in [4.69, 9.17) is 0 Å². The van der Waals surface area contributed by atoms with Crippen molar-refractivity contribution < 1.29 is 8.78 Å². The number of hydrogen-bond donors (Lipinski definition) is 0. The molecule has 10 nitrogen and oxygen atoms in total. The lowest BCUT2D eigenvalue weighted by atomic mass is 10.1.